The van der Waals surface area contributed by atoms with Crippen molar-refractivity contribution in [1.29, 1.82) is 5.26 Å². The topological polar surface area (TPSA) is 116 Å². The number of nitriles is 1. The lowest BCUT2D eigenvalue weighted by Gasteiger charge is -2.20. The van der Waals surface area contributed by atoms with Crippen molar-refractivity contribution in [3.8, 4) is 6.07 Å². The number of nitro groups is 1. The van der Waals surface area contributed by atoms with Gasteiger partial charge in [-0.1, -0.05) is 0 Å². The second kappa shape index (κ2) is 5.35. The first kappa shape index (κ1) is 14.4. The van der Waals surface area contributed by atoms with Crippen molar-refractivity contribution in [2.24, 2.45) is 5.41 Å². The zero-order valence-electron chi connectivity index (χ0n) is 10.5. The largest absolute Gasteiger partial charge is 0.481 e. The Hall–Kier alpha value is -2.62. The van der Waals surface area contributed by atoms with E-state index in [9.17, 15) is 14.9 Å². The van der Waals surface area contributed by atoms with Crippen molar-refractivity contribution >= 4 is 17.3 Å². The fourth-order valence-corrected chi connectivity index (χ4v) is 1.28. The summed E-state index contributed by atoms with van der Waals surface area (Å²) >= 11 is 0. The van der Waals surface area contributed by atoms with Crippen LogP contribution in [0.3, 0.4) is 0 Å². The fourth-order valence-electron chi connectivity index (χ4n) is 1.28. The van der Waals surface area contributed by atoms with Crippen molar-refractivity contribution in [1.82, 2.24) is 0 Å². The van der Waals surface area contributed by atoms with Crippen LogP contribution in [0.1, 0.15) is 19.4 Å². The Morgan fingerprint density at radius 2 is 2.21 bits per heavy atom. The number of anilines is 1. The van der Waals surface area contributed by atoms with Crippen LogP contribution in [0.2, 0.25) is 0 Å². The number of non-ortho nitro benzene ring substituents is 1. The summed E-state index contributed by atoms with van der Waals surface area (Å²) in [7, 11) is 0. The summed E-state index contributed by atoms with van der Waals surface area (Å²) in [5.74, 6) is -0.972. The first-order chi connectivity index (χ1) is 8.77. The van der Waals surface area contributed by atoms with Crippen LogP contribution in [-0.4, -0.2) is 22.5 Å². The minimum absolute atomic E-state index is 0.106. The van der Waals surface area contributed by atoms with Crippen molar-refractivity contribution in [2.45, 2.75) is 13.8 Å². The SMILES string of the molecule is CC(C)(CNc1ccc([N+](=O)[O-])cc1C#N)C(=O)O. The molecule has 1 aromatic carbocycles. The number of nitrogens with zero attached hydrogens (tertiary/aromatic N) is 2. The molecule has 0 bridgehead atoms. The predicted octanol–water partition coefficient (Wildman–Crippen LogP) is 1.99. The molecule has 0 aromatic heterocycles. The standard InChI is InChI=1S/C12H13N3O4/c1-12(2,11(16)17)7-14-10-4-3-9(15(18)19)5-8(10)6-13/h3-5,14H,7H2,1-2H3,(H,16,17). The molecule has 0 fully saturated rings. The maximum Gasteiger partial charge on any atom is 0.310 e. The summed E-state index contributed by atoms with van der Waals surface area (Å²) in [6.07, 6.45) is 0. The lowest BCUT2D eigenvalue weighted by molar-refractivity contribution is -0.384. The van der Waals surface area contributed by atoms with Crippen LogP contribution in [0, 0.1) is 26.9 Å². The number of hydrogen-bond donors (Lipinski definition) is 2. The van der Waals surface area contributed by atoms with Crippen LogP contribution < -0.4 is 5.32 Å². The maximum absolute atomic E-state index is 10.9. The molecule has 19 heavy (non-hydrogen) atoms. The van der Waals surface area contributed by atoms with E-state index in [1.165, 1.54) is 12.1 Å². The molecule has 0 aliphatic carbocycles. The highest BCUT2D eigenvalue weighted by Gasteiger charge is 2.27. The number of nitrogens with one attached hydrogen (secondary N) is 1. The van der Waals surface area contributed by atoms with E-state index in [4.69, 9.17) is 10.4 Å². The Morgan fingerprint density at radius 3 is 2.68 bits per heavy atom. The number of carboxylic acid groups (broad SMARTS) is 1. The van der Waals surface area contributed by atoms with E-state index in [1.54, 1.807) is 13.8 Å². The molecule has 0 unspecified atom stereocenters. The normalized spacial score (nSPS) is 10.6. The number of aliphatic carboxylic acids is 1. The number of carbonyl (C=O) groups is 1. The third kappa shape index (κ3) is 3.42. The zero-order chi connectivity index (χ0) is 14.6. The summed E-state index contributed by atoms with van der Waals surface area (Å²) < 4.78 is 0. The quantitative estimate of drug-likeness (QED) is 0.619. The summed E-state index contributed by atoms with van der Waals surface area (Å²) in [6.45, 7) is 3.19. The Labute approximate surface area is 109 Å². The third-order valence-corrected chi connectivity index (χ3v) is 2.63. The number of carboxylic acids is 1. The lowest BCUT2D eigenvalue weighted by atomic mass is 9.93. The van der Waals surface area contributed by atoms with Gasteiger partial charge in [-0.2, -0.15) is 5.26 Å². The van der Waals surface area contributed by atoms with Gasteiger partial charge in [-0.15, -0.1) is 0 Å². The van der Waals surface area contributed by atoms with E-state index < -0.39 is 16.3 Å². The molecule has 0 amide bonds. The lowest BCUT2D eigenvalue weighted by Crippen LogP contribution is -2.31. The van der Waals surface area contributed by atoms with Crippen LogP contribution in [0.4, 0.5) is 11.4 Å². The van der Waals surface area contributed by atoms with Gasteiger partial charge < -0.3 is 10.4 Å². The van der Waals surface area contributed by atoms with E-state index in [-0.39, 0.29) is 17.8 Å². The van der Waals surface area contributed by atoms with Crippen molar-refractivity contribution in [3.05, 3.63) is 33.9 Å². The molecule has 0 atom stereocenters. The van der Waals surface area contributed by atoms with E-state index in [0.717, 1.165) is 6.07 Å². The first-order valence-electron chi connectivity index (χ1n) is 5.44. The average molecular weight is 263 g/mol. The highest BCUT2D eigenvalue weighted by Crippen LogP contribution is 2.23. The maximum atomic E-state index is 10.9. The second-order valence-electron chi connectivity index (χ2n) is 4.64. The molecule has 0 spiro atoms. The van der Waals surface area contributed by atoms with E-state index >= 15 is 0 Å². The van der Waals surface area contributed by atoms with Crippen molar-refractivity contribution in [3.63, 3.8) is 0 Å². The van der Waals surface area contributed by atoms with Gasteiger partial charge in [0.1, 0.15) is 6.07 Å². The molecule has 0 radical (unpaired) electrons. The molecule has 0 aliphatic rings. The monoisotopic (exact) mass is 263 g/mol. The van der Waals surface area contributed by atoms with E-state index in [0.29, 0.717) is 5.69 Å². The Balaban J connectivity index is 2.94. The predicted molar refractivity (Wildman–Crippen MR) is 67.7 cm³/mol. The van der Waals surface area contributed by atoms with Gasteiger partial charge in [0.15, 0.2) is 0 Å². The van der Waals surface area contributed by atoms with Gasteiger partial charge in [0.05, 0.1) is 21.6 Å². The van der Waals surface area contributed by atoms with E-state index in [2.05, 4.69) is 5.32 Å². The number of hydrogen-bond acceptors (Lipinski definition) is 5. The van der Waals surface area contributed by atoms with Crippen LogP contribution >= 0.6 is 0 Å². The zero-order valence-corrected chi connectivity index (χ0v) is 10.5. The van der Waals surface area contributed by atoms with Gasteiger partial charge in [-0.05, 0) is 19.9 Å². The second-order valence-corrected chi connectivity index (χ2v) is 4.64. The van der Waals surface area contributed by atoms with Crippen LogP contribution in [0.15, 0.2) is 18.2 Å². The van der Waals surface area contributed by atoms with E-state index in [1.807, 2.05) is 6.07 Å². The highest BCUT2D eigenvalue weighted by atomic mass is 16.6. The molecule has 1 rings (SSSR count). The minimum atomic E-state index is -1.01. The molecule has 2 N–H and O–H groups in total. The van der Waals surface area contributed by atoms with Gasteiger partial charge >= 0.3 is 5.97 Å². The summed E-state index contributed by atoms with van der Waals surface area (Å²) in [6, 6.07) is 5.65. The summed E-state index contributed by atoms with van der Waals surface area (Å²) in [5, 5.41) is 31.3. The Morgan fingerprint density at radius 1 is 1.58 bits per heavy atom. The molecule has 0 saturated carbocycles. The van der Waals surface area contributed by atoms with Crippen LogP contribution in [0.25, 0.3) is 0 Å². The highest BCUT2D eigenvalue weighted by molar-refractivity contribution is 5.74. The van der Waals surface area contributed by atoms with Gasteiger partial charge in [0.25, 0.3) is 5.69 Å². The van der Waals surface area contributed by atoms with Crippen LogP contribution in [0.5, 0.6) is 0 Å². The fraction of sp³-hybridized carbons (Fsp3) is 0.333. The number of benzene rings is 1. The molecule has 100 valence electrons. The molecular formula is C12H13N3O4. The Bertz CT molecular complexity index is 561. The van der Waals surface area contributed by atoms with Gasteiger partial charge in [0.2, 0.25) is 0 Å². The Kier molecular flexibility index (Phi) is 4.07. The molecule has 0 saturated heterocycles. The van der Waals surface area contributed by atoms with Gasteiger partial charge in [-0.3, -0.25) is 14.9 Å². The molecule has 7 heteroatoms. The minimum Gasteiger partial charge on any atom is -0.481 e. The van der Waals surface area contributed by atoms with Gasteiger partial charge in [0, 0.05) is 18.7 Å². The molecule has 0 aliphatic heterocycles. The van der Waals surface area contributed by atoms with Crippen molar-refractivity contribution in [2.75, 3.05) is 11.9 Å². The molecule has 1 aromatic rings. The smallest absolute Gasteiger partial charge is 0.310 e. The number of nitro benzene ring substituents is 1. The molecule has 0 heterocycles. The third-order valence-electron chi connectivity index (χ3n) is 2.63. The average Bonchev–Trinajstić information content (AvgIpc) is 2.35. The molecule has 7 nitrogen and oxygen atoms in total. The molecular weight excluding hydrogens is 250 g/mol. The summed E-state index contributed by atoms with van der Waals surface area (Å²) in [5.41, 5.74) is -0.702. The van der Waals surface area contributed by atoms with Crippen LogP contribution in [-0.2, 0) is 4.79 Å². The van der Waals surface area contributed by atoms with Gasteiger partial charge in [-0.25, -0.2) is 0 Å². The first-order valence-corrected chi connectivity index (χ1v) is 5.44. The number of rotatable bonds is 5. The van der Waals surface area contributed by atoms with Crippen molar-refractivity contribution < 1.29 is 14.8 Å². The summed E-state index contributed by atoms with van der Waals surface area (Å²) in [4.78, 5) is 20.9.